The van der Waals surface area contributed by atoms with E-state index >= 15 is 0 Å². The van der Waals surface area contributed by atoms with Gasteiger partial charge in [-0.2, -0.15) is 9.21 Å². The lowest BCUT2D eigenvalue weighted by Gasteiger charge is -2.23. The Balaban J connectivity index is 2.99. The molecule has 0 aliphatic carbocycles. The number of ether oxygens (including phenoxy) is 1. The van der Waals surface area contributed by atoms with Crippen LogP contribution in [0.4, 0.5) is 0 Å². The zero-order valence-corrected chi connectivity index (χ0v) is 24.6. The third kappa shape index (κ3) is 9.20. The monoisotopic (exact) mass is 545 g/mol. The predicted octanol–water partition coefficient (Wildman–Crippen LogP) is 5.93. The molecule has 0 spiro atoms. The molecule has 1 aromatic carbocycles. The second-order valence-electron chi connectivity index (χ2n) is 9.25. The molecule has 1 unspecified atom stereocenters. The van der Waals surface area contributed by atoms with Crippen molar-refractivity contribution in [3.8, 4) is 0 Å². The number of aliphatic imine (C=N–C) groups is 2. The third-order valence-electron chi connectivity index (χ3n) is 5.96. The highest BCUT2D eigenvalue weighted by Crippen LogP contribution is 2.34. The van der Waals surface area contributed by atoms with E-state index in [9.17, 15) is 8.42 Å². The Hall–Kier alpha value is -2.84. The van der Waals surface area contributed by atoms with Gasteiger partial charge in [-0.3, -0.25) is 9.98 Å². The van der Waals surface area contributed by atoms with E-state index in [0.29, 0.717) is 24.4 Å². The molecular weight excluding hydrogens is 502 g/mol. The second-order valence-corrected chi connectivity index (χ2v) is 14.9. The van der Waals surface area contributed by atoms with E-state index in [4.69, 9.17) is 4.74 Å². The zero-order valence-electron chi connectivity index (χ0n) is 23.0. The van der Waals surface area contributed by atoms with Crippen LogP contribution in [0, 0.1) is 0 Å². The van der Waals surface area contributed by atoms with Crippen molar-refractivity contribution in [2.75, 3.05) is 19.4 Å². The van der Waals surface area contributed by atoms with Crippen LogP contribution in [0.1, 0.15) is 40.5 Å². The van der Waals surface area contributed by atoms with Crippen LogP contribution in [0.2, 0.25) is 0 Å². The fourth-order valence-electron chi connectivity index (χ4n) is 3.15. The van der Waals surface area contributed by atoms with Crippen LogP contribution in [-0.2, 0) is 14.6 Å². The van der Waals surface area contributed by atoms with Crippen molar-refractivity contribution in [2.24, 2.45) is 9.98 Å². The predicted molar refractivity (Wildman–Crippen MR) is 166 cm³/mol. The van der Waals surface area contributed by atoms with Crippen molar-refractivity contribution in [3.05, 3.63) is 72.8 Å². The van der Waals surface area contributed by atoms with Crippen LogP contribution in [0.25, 0.3) is 0 Å². The number of nitrogens with zero attached hydrogens (tertiary/aromatic N) is 2. The summed E-state index contributed by atoms with van der Waals surface area (Å²) in [5.41, 5.74) is 1.47. The van der Waals surface area contributed by atoms with E-state index in [2.05, 4.69) is 46.9 Å². The summed E-state index contributed by atoms with van der Waals surface area (Å²) in [5.74, 6) is 9.80. The number of nitrogens with one attached hydrogen (secondary N) is 1. The van der Waals surface area contributed by atoms with Crippen LogP contribution in [0.15, 0.2) is 92.6 Å². The van der Waals surface area contributed by atoms with Crippen molar-refractivity contribution >= 4 is 43.7 Å². The fraction of sp³-hybridized carbons (Fsp3) is 0.379. The summed E-state index contributed by atoms with van der Waals surface area (Å²) in [5, 5.41) is 3.25. The maximum atomic E-state index is 13.5. The van der Waals surface area contributed by atoms with Gasteiger partial charge in [0.05, 0.1) is 23.7 Å². The Morgan fingerprint density at radius 3 is 2.41 bits per heavy atom. The van der Waals surface area contributed by atoms with Gasteiger partial charge in [-0.05, 0) is 80.0 Å². The first-order valence-corrected chi connectivity index (χ1v) is 15.7. The SMILES string of the molecule is C=N/C=C\C(=C)C/C=C(\OC)C(=C)NCC(CC)N=CC(C)(C)S(=O)(=O)c1cccc(S(=C)(=C)CC)c1. The van der Waals surface area contributed by atoms with Gasteiger partial charge in [-0.25, -0.2) is 8.42 Å². The molecule has 0 saturated carbocycles. The van der Waals surface area contributed by atoms with Crippen molar-refractivity contribution in [3.63, 3.8) is 0 Å². The van der Waals surface area contributed by atoms with E-state index in [1.54, 1.807) is 57.6 Å². The summed E-state index contributed by atoms with van der Waals surface area (Å²) in [4.78, 5) is 9.43. The lowest BCUT2D eigenvalue weighted by molar-refractivity contribution is 0.294. The van der Waals surface area contributed by atoms with Gasteiger partial charge in [0, 0.05) is 19.0 Å². The highest BCUT2D eigenvalue weighted by molar-refractivity contribution is 8.27. The van der Waals surface area contributed by atoms with Crippen LogP contribution < -0.4 is 5.32 Å². The van der Waals surface area contributed by atoms with E-state index in [1.165, 1.54) is 0 Å². The average Bonchev–Trinajstić information content (AvgIpc) is 2.87. The Morgan fingerprint density at radius 1 is 1.19 bits per heavy atom. The first-order chi connectivity index (χ1) is 17.2. The summed E-state index contributed by atoms with van der Waals surface area (Å²) in [6.45, 7) is 19.3. The molecule has 6 nitrogen and oxygen atoms in total. The van der Waals surface area contributed by atoms with Gasteiger partial charge in [-0.15, -0.1) is 0 Å². The molecular formula is C29H43N3O3S2. The number of sulfone groups is 1. The summed E-state index contributed by atoms with van der Waals surface area (Å²) in [7, 11) is -3.65. The summed E-state index contributed by atoms with van der Waals surface area (Å²) in [6.07, 6.45) is 8.07. The topological polar surface area (TPSA) is 80.1 Å². The molecule has 0 saturated heterocycles. The standard InChI is InChI=1S/C29H43N3O3S2/c1-11-25(21-31-24(4)28(35-8)17-16-23(3)18-19-30-7)32-22-29(5,6)37(33,34)27-15-13-14-26(20-27)36(9,10)12-2/h13-15,17-20,22,25,31H,3-4,7,9-12,16,21H2,1-2,5-6,8H3/b19-18-,28-17-,32-22?. The number of hydrogen-bond acceptors (Lipinski definition) is 6. The number of benzene rings is 1. The minimum absolute atomic E-state index is 0.149. The molecule has 0 amide bonds. The van der Waals surface area contributed by atoms with Gasteiger partial charge in [0.25, 0.3) is 0 Å². The molecule has 0 aliphatic rings. The molecule has 0 heterocycles. The van der Waals surface area contributed by atoms with Crippen molar-refractivity contribution in [2.45, 2.75) is 61.1 Å². The lowest BCUT2D eigenvalue weighted by Crippen LogP contribution is -2.35. The molecule has 1 rings (SSSR count). The summed E-state index contributed by atoms with van der Waals surface area (Å²) >= 11 is 0. The normalized spacial score (nSPS) is 14.0. The smallest absolute Gasteiger partial charge is 0.188 e. The molecule has 0 aliphatic heterocycles. The van der Waals surface area contributed by atoms with Gasteiger partial charge in [-0.1, -0.05) is 44.8 Å². The molecule has 1 atom stereocenters. The van der Waals surface area contributed by atoms with Gasteiger partial charge in [0.15, 0.2) is 9.84 Å². The number of hydrogen-bond donors (Lipinski definition) is 1. The lowest BCUT2D eigenvalue weighted by atomic mass is 10.1. The van der Waals surface area contributed by atoms with Gasteiger partial charge in [0.1, 0.15) is 10.5 Å². The summed E-state index contributed by atoms with van der Waals surface area (Å²) < 4.78 is 31.3. The maximum Gasteiger partial charge on any atom is 0.188 e. The highest BCUT2D eigenvalue weighted by atomic mass is 32.2. The van der Waals surface area contributed by atoms with Gasteiger partial charge >= 0.3 is 0 Å². The fourth-order valence-corrected chi connectivity index (χ4v) is 5.64. The average molecular weight is 546 g/mol. The minimum Gasteiger partial charge on any atom is -0.495 e. The molecule has 8 heteroatoms. The van der Waals surface area contributed by atoms with Crippen LogP contribution in [0.3, 0.4) is 0 Å². The minimum atomic E-state index is -3.69. The largest absolute Gasteiger partial charge is 0.495 e. The molecule has 0 bridgehead atoms. The maximum absolute atomic E-state index is 13.5. The molecule has 0 radical (unpaired) electrons. The number of allylic oxidation sites excluding steroid dienone is 3. The summed E-state index contributed by atoms with van der Waals surface area (Å²) in [6, 6.07) is 6.85. The number of rotatable bonds is 16. The second kappa shape index (κ2) is 14.2. The Labute approximate surface area is 225 Å². The molecule has 0 fully saturated rings. The molecule has 0 aromatic heterocycles. The Bertz CT molecular complexity index is 1270. The molecule has 1 N–H and O–H groups in total. The Kier molecular flexibility index (Phi) is 12.3. The van der Waals surface area contributed by atoms with E-state index in [1.807, 2.05) is 26.0 Å². The van der Waals surface area contributed by atoms with E-state index in [0.717, 1.165) is 22.6 Å². The van der Waals surface area contributed by atoms with Gasteiger partial charge in [0.2, 0.25) is 0 Å². The Morgan fingerprint density at radius 2 is 1.84 bits per heavy atom. The van der Waals surface area contributed by atoms with Crippen molar-refractivity contribution in [1.29, 1.82) is 0 Å². The first-order valence-electron chi connectivity index (χ1n) is 12.1. The van der Waals surface area contributed by atoms with Crippen molar-refractivity contribution in [1.82, 2.24) is 5.32 Å². The highest BCUT2D eigenvalue weighted by Gasteiger charge is 2.34. The van der Waals surface area contributed by atoms with Crippen molar-refractivity contribution < 1.29 is 13.2 Å². The molecule has 204 valence electrons. The molecule has 1 aromatic rings. The van der Waals surface area contributed by atoms with E-state index < -0.39 is 23.8 Å². The van der Waals surface area contributed by atoms with Crippen LogP contribution in [0.5, 0.6) is 0 Å². The van der Waals surface area contributed by atoms with Gasteiger partial charge < -0.3 is 10.1 Å². The third-order valence-corrected chi connectivity index (χ3v) is 10.7. The quantitative estimate of drug-likeness (QED) is 0.121. The van der Waals surface area contributed by atoms with Crippen LogP contribution >= 0.6 is 9.21 Å². The zero-order chi connectivity index (χ0) is 28.3. The van der Waals surface area contributed by atoms with E-state index in [-0.39, 0.29) is 10.9 Å². The molecule has 37 heavy (non-hydrogen) atoms. The first kappa shape index (κ1) is 32.2. The van der Waals surface area contributed by atoms with Crippen LogP contribution in [-0.4, -0.2) is 63.3 Å². The number of methoxy groups -OCH3 is 1.